The van der Waals surface area contributed by atoms with Crippen molar-refractivity contribution in [2.75, 3.05) is 14.2 Å². The molecule has 0 aliphatic rings. The second-order valence-corrected chi connectivity index (χ2v) is 5.48. The maximum absolute atomic E-state index is 11.6. The van der Waals surface area contributed by atoms with Crippen LogP contribution in [-0.4, -0.2) is 40.3 Å². The lowest BCUT2D eigenvalue weighted by Gasteiger charge is -2.12. The highest BCUT2D eigenvalue weighted by molar-refractivity contribution is 6.30. The number of aromatic carboxylic acids is 1. The Kier molecular flexibility index (Phi) is 4.58. The van der Waals surface area contributed by atoms with E-state index in [0.29, 0.717) is 33.5 Å². The summed E-state index contributed by atoms with van der Waals surface area (Å²) in [6.07, 6.45) is 0. The van der Waals surface area contributed by atoms with E-state index in [1.807, 2.05) is 0 Å². The number of halogens is 1. The number of carboxylic acid groups (broad SMARTS) is 1. The third-order valence-electron chi connectivity index (χ3n) is 3.61. The summed E-state index contributed by atoms with van der Waals surface area (Å²) in [7, 11) is 3.06. The number of hydrogen-bond acceptors (Lipinski definition) is 5. The van der Waals surface area contributed by atoms with Crippen LogP contribution in [0.4, 0.5) is 0 Å². The molecule has 0 bridgehead atoms. The van der Waals surface area contributed by atoms with Gasteiger partial charge in [0, 0.05) is 10.6 Å². The lowest BCUT2D eigenvalue weighted by atomic mass is 10.1. The number of benzene rings is 2. The number of methoxy groups -OCH3 is 2. The van der Waals surface area contributed by atoms with E-state index in [9.17, 15) is 9.90 Å². The highest BCUT2D eigenvalue weighted by Crippen LogP contribution is 2.32. The molecule has 0 radical (unpaired) electrons. The molecule has 0 aliphatic heterocycles. The van der Waals surface area contributed by atoms with E-state index in [0.717, 1.165) is 0 Å². The summed E-state index contributed by atoms with van der Waals surface area (Å²) in [6, 6.07) is 11.9. The topological polar surface area (TPSA) is 86.5 Å². The van der Waals surface area contributed by atoms with E-state index in [1.165, 1.54) is 11.8 Å². The molecular formula is C17H14ClN3O4. The van der Waals surface area contributed by atoms with Gasteiger partial charge in [-0.25, -0.2) is 9.48 Å². The van der Waals surface area contributed by atoms with Crippen molar-refractivity contribution in [2.24, 2.45) is 0 Å². The van der Waals surface area contributed by atoms with Crippen molar-refractivity contribution in [3.05, 3.63) is 53.2 Å². The van der Waals surface area contributed by atoms with E-state index >= 15 is 0 Å². The highest BCUT2D eigenvalue weighted by Gasteiger charge is 2.23. The van der Waals surface area contributed by atoms with E-state index in [4.69, 9.17) is 21.1 Å². The fourth-order valence-electron chi connectivity index (χ4n) is 2.43. The molecule has 1 aromatic heterocycles. The number of nitrogens with zero attached hydrogens (tertiary/aromatic N) is 3. The molecule has 2 aromatic carbocycles. The Bertz CT molecular complexity index is 922. The molecule has 3 rings (SSSR count). The van der Waals surface area contributed by atoms with Crippen LogP contribution < -0.4 is 9.47 Å². The molecule has 8 heteroatoms. The van der Waals surface area contributed by atoms with Crippen LogP contribution in [0.5, 0.6) is 11.5 Å². The Morgan fingerprint density at radius 2 is 1.84 bits per heavy atom. The SMILES string of the molecule is COc1ccc(-c2c(C(=O)O)nnn2-c2cc(Cl)ccc2OC)cc1. The van der Waals surface area contributed by atoms with Crippen molar-refractivity contribution in [1.82, 2.24) is 15.0 Å². The van der Waals surface area contributed by atoms with Crippen molar-refractivity contribution in [3.63, 3.8) is 0 Å². The lowest BCUT2D eigenvalue weighted by Crippen LogP contribution is -2.04. The Morgan fingerprint density at radius 1 is 1.12 bits per heavy atom. The number of rotatable bonds is 5. The van der Waals surface area contributed by atoms with Crippen LogP contribution >= 0.6 is 11.6 Å². The zero-order chi connectivity index (χ0) is 18.0. The average molecular weight is 360 g/mol. The Hall–Kier alpha value is -3.06. The van der Waals surface area contributed by atoms with Gasteiger partial charge in [-0.3, -0.25) is 0 Å². The molecule has 1 N–H and O–H groups in total. The average Bonchev–Trinajstić information content (AvgIpc) is 3.07. The van der Waals surface area contributed by atoms with Crippen molar-refractivity contribution in [2.45, 2.75) is 0 Å². The van der Waals surface area contributed by atoms with Crippen molar-refractivity contribution < 1.29 is 19.4 Å². The van der Waals surface area contributed by atoms with Gasteiger partial charge in [-0.1, -0.05) is 16.8 Å². The number of aromatic nitrogens is 3. The maximum Gasteiger partial charge on any atom is 0.358 e. The summed E-state index contributed by atoms with van der Waals surface area (Å²) >= 11 is 6.08. The van der Waals surface area contributed by atoms with E-state index in [2.05, 4.69) is 10.3 Å². The number of carbonyl (C=O) groups is 1. The quantitative estimate of drug-likeness (QED) is 0.752. The smallest absolute Gasteiger partial charge is 0.358 e. The summed E-state index contributed by atoms with van der Waals surface area (Å²) in [6.45, 7) is 0. The zero-order valence-electron chi connectivity index (χ0n) is 13.4. The van der Waals surface area contributed by atoms with Crippen LogP contribution in [0.15, 0.2) is 42.5 Å². The first-order valence-corrected chi connectivity index (χ1v) is 7.60. The van der Waals surface area contributed by atoms with Crippen molar-refractivity contribution in [3.8, 4) is 28.4 Å². The summed E-state index contributed by atoms with van der Waals surface area (Å²) in [5, 5.41) is 17.7. The van der Waals surface area contributed by atoms with Gasteiger partial charge >= 0.3 is 5.97 Å². The van der Waals surface area contributed by atoms with Gasteiger partial charge in [0.15, 0.2) is 5.69 Å². The number of carboxylic acids is 1. The van der Waals surface area contributed by atoms with Gasteiger partial charge in [0.1, 0.15) is 22.9 Å². The van der Waals surface area contributed by atoms with E-state index in [1.54, 1.807) is 49.6 Å². The summed E-state index contributed by atoms with van der Waals surface area (Å²) in [5.41, 5.74) is 1.24. The molecule has 0 saturated heterocycles. The monoisotopic (exact) mass is 359 g/mol. The van der Waals surface area contributed by atoms with E-state index < -0.39 is 5.97 Å². The van der Waals surface area contributed by atoms with E-state index in [-0.39, 0.29) is 5.69 Å². The summed E-state index contributed by atoms with van der Waals surface area (Å²) in [4.78, 5) is 11.6. The molecule has 0 fully saturated rings. The van der Waals surface area contributed by atoms with Crippen molar-refractivity contribution in [1.29, 1.82) is 0 Å². The molecule has 25 heavy (non-hydrogen) atoms. The van der Waals surface area contributed by atoms with Gasteiger partial charge in [-0.2, -0.15) is 0 Å². The molecule has 7 nitrogen and oxygen atoms in total. The second-order valence-electron chi connectivity index (χ2n) is 5.05. The van der Waals surface area contributed by atoms with Gasteiger partial charge < -0.3 is 14.6 Å². The van der Waals surface area contributed by atoms with Crippen LogP contribution in [0.2, 0.25) is 5.02 Å². The molecule has 0 aliphatic carbocycles. The highest BCUT2D eigenvalue weighted by atomic mass is 35.5. The standard InChI is InChI=1S/C17H14ClN3O4/c1-24-12-6-3-10(4-7-12)16-15(17(22)23)19-20-21(16)13-9-11(18)5-8-14(13)25-2/h3-9H,1-2H3,(H,22,23). The summed E-state index contributed by atoms with van der Waals surface area (Å²) < 4.78 is 11.9. The van der Waals surface area contributed by atoms with Gasteiger partial charge in [0.25, 0.3) is 0 Å². The van der Waals surface area contributed by atoms with Crippen LogP contribution in [-0.2, 0) is 0 Å². The minimum absolute atomic E-state index is 0.174. The Morgan fingerprint density at radius 3 is 2.44 bits per heavy atom. The summed E-state index contributed by atoms with van der Waals surface area (Å²) in [5.74, 6) is -0.0425. The zero-order valence-corrected chi connectivity index (χ0v) is 14.2. The van der Waals surface area contributed by atoms with Crippen LogP contribution in [0.3, 0.4) is 0 Å². The molecule has 0 atom stereocenters. The lowest BCUT2D eigenvalue weighted by molar-refractivity contribution is 0.0691. The molecular weight excluding hydrogens is 346 g/mol. The van der Waals surface area contributed by atoms with Crippen LogP contribution in [0.1, 0.15) is 10.5 Å². The largest absolute Gasteiger partial charge is 0.497 e. The number of ether oxygens (including phenoxy) is 2. The van der Waals surface area contributed by atoms with Crippen LogP contribution in [0.25, 0.3) is 16.9 Å². The molecule has 128 valence electrons. The fourth-order valence-corrected chi connectivity index (χ4v) is 2.60. The van der Waals surface area contributed by atoms with Gasteiger partial charge in [-0.15, -0.1) is 5.10 Å². The number of hydrogen-bond donors (Lipinski definition) is 1. The van der Waals surface area contributed by atoms with Gasteiger partial charge in [-0.05, 0) is 42.5 Å². The predicted octanol–water partition coefficient (Wildman–Crippen LogP) is 3.30. The first-order valence-electron chi connectivity index (χ1n) is 7.22. The molecule has 0 saturated carbocycles. The fraction of sp³-hybridized carbons (Fsp3) is 0.118. The molecule has 0 spiro atoms. The minimum Gasteiger partial charge on any atom is -0.497 e. The Labute approximate surface area is 148 Å². The van der Waals surface area contributed by atoms with Crippen LogP contribution in [0, 0.1) is 0 Å². The molecule has 0 amide bonds. The normalized spacial score (nSPS) is 10.5. The first-order chi connectivity index (χ1) is 12.0. The third kappa shape index (κ3) is 3.14. The Balaban J connectivity index is 2.25. The van der Waals surface area contributed by atoms with Gasteiger partial charge in [0.05, 0.1) is 14.2 Å². The molecule has 1 heterocycles. The third-order valence-corrected chi connectivity index (χ3v) is 3.84. The minimum atomic E-state index is -1.18. The predicted molar refractivity (Wildman–Crippen MR) is 91.9 cm³/mol. The van der Waals surface area contributed by atoms with Gasteiger partial charge in [0.2, 0.25) is 0 Å². The van der Waals surface area contributed by atoms with Crippen molar-refractivity contribution >= 4 is 17.6 Å². The first kappa shape index (κ1) is 16.8. The molecule has 3 aromatic rings. The second kappa shape index (κ2) is 6.82. The maximum atomic E-state index is 11.6. The molecule has 0 unspecified atom stereocenters.